The predicted octanol–water partition coefficient (Wildman–Crippen LogP) is 16.8. The molecule has 0 bridgehead atoms. The Morgan fingerprint density at radius 1 is 0.349 bits per heavy atom. The Morgan fingerprint density at radius 2 is 0.698 bits per heavy atom. The van der Waals surface area contributed by atoms with Crippen LogP contribution in [0.2, 0.25) is 0 Å². The topological polar surface area (TPSA) is 78.9 Å². The van der Waals surface area contributed by atoms with Crippen molar-refractivity contribution in [2.45, 2.75) is 219 Å². The standard InChI is InChI=1S/C57H92O6/c1-4-7-10-13-16-19-22-25-27-28-29-30-33-35-38-41-44-47-50-56(59)62-53-54(52-61-55(58)49-46-43-40-37-34-31-24-21-18-15-12-9-6-3)63-57(60)51-48-45-42-39-36-32-26-23-20-17-14-11-8-5-2/h8-9,11-12,15,17-18,20-21,24,26-32,34,54H,4-7,10,13-14,16,19,22-23,25,33,35-53H2,1-3H3/b11-8+,12-9+,18-15+,20-17+,24-21+,28-27+,30-29+,32-26+,34-31+. The van der Waals surface area contributed by atoms with Gasteiger partial charge in [-0.2, -0.15) is 0 Å². The molecule has 1 atom stereocenters. The zero-order valence-corrected chi connectivity index (χ0v) is 40.5. The summed E-state index contributed by atoms with van der Waals surface area (Å²) in [6.07, 6.45) is 67.9. The summed E-state index contributed by atoms with van der Waals surface area (Å²) in [5.41, 5.74) is 0. The van der Waals surface area contributed by atoms with Crippen LogP contribution in [0.15, 0.2) is 109 Å². The molecule has 0 saturated heterocycles. The van der Waals surface area contributed by atoms with Crippen molar-refractivity contribution in [1.29, 1.82) is 0 Å². The van der Waals surface area contributed by atoms with Gasteiger partial charge in [-0.3, -0.25) is 14.4 Å². The summed E-state index contributed by atoms with van der Waals surface area (Å²) in [5.74, 6) is -0.994. The number of hydrogen-bond acceptors (Lipinski definition) is 6. The van der Waals surface area contributed by atoms with Crippen molar-refractivity contribution in [3.05, 3.63) is 109 Å². The van der Waals surface area contributed by atoms with Crippen LogP contribution in [0, 0.1) is 0 Å². The number of esters is 3. The monoisotopic (exact) mass is 873 g/mol. The van der Waals surface area contributed by atoms with E-state index in [1.54, 1.807) is 0 Å². The first kappa shape index (κ1) is 59.1. The van der Waals surface area contributed by atoms with Crippen molar-refractivity contribution in [1.82, 2.24) is 0 Å². The van der Waals surface area contributed by atoms with Crippen molar-refractivity contribution in [2.24, 2.45) is 0 Å². The van der Waals surface area contributed by atoms with Gasteiger partial charge in [0.15, 0.2) is 6.10 Å². The summed E-state index contributed by atoms with van der Waals surface area (Å²) >= 11 is 0. The van der Waals surface area contributed by atoms with Gasteiger partial charge in [0.2, 0.25) is 0 Å². The minimum atomic E-state index is -0.814. The molecule has 0 aliphatic heterocycles. The fourth-order valence-electron chi connectivity index (χ4n) is 6.57. The summed E-state index contributed by atoms with van der Waals surface area (Å²) < 4.78 is 16.7. The Kier molecular flexibility index (Phi) is 47.5. The zero-order chi connectivity index (χ0) is 45.8. The molecule has 6 nitrogen and oxygen atoms in total. The molecule has 0 N–H and O–H groups in total. The average Bonchev–Trinajstić information content (AvgIpc) is 3.28. The van der Waals surface area contributed by atoms with E-state index in [0.717, 1.165) is 122 Å². The lowest BCUT2D eigenvalue weighted by Gasteiger charge is -2.18. The molecule has 0 heterocycles. The Balaban J connectivity index is 4.50. The highest BCUT2D eigenvalue weighted by Crippen LogP contribution is 2.13. The molecular formula is C57H92O6. The molecule has 0 saturated carbocycles. The fraction of sp³-hybridized carbons (Fsp3) is 0.632. The van der Waals surface area contributed by atoms with Crippen molar-refractivity contribution < 1.29 is 28.6 Å². The lowest BCUT2D eigenvalue weighted by molar-refractivity contribution is -0.167. The molecular weight excluding hydrogens is 781 g/mol. The second-order valence-corrected chi connectivity index (χ2v) is 16.4. The largest absolute Gasteiger partial charge is 0.462 e. The van der Waals surface area contributed by atoms with Gasteiger partial charge in [-0.1, -0.05) is 207 Å². The second-order valence-electron chi connectivity index (χ2n) is 16.4. The van der Waals surface area contributed by atoms with E-state index in [4.69, 9.17) is 14.2 Å². The van der Waals surface area contributed by atoms with Gasteiger partial charge in [-0.05, 0) is 96.3 Å². The first-order valence-electron chi connectivity index (χ1n) is 25.5. The third-order valence-corrected chi connectivity index (χ3v) is 10.4. The summed E-state index contributed by atoms with van der Waals surface area (Å²) in [6, 6.07) is 0. The van der Waals surface area contributed by atoms with E-state index in [1.165, 1.54) is 51.4 Å². The number of allylic oxidation sites excluding steroid dienone is 18. The average molecular weight is 873 g/mol. The van der Waals surface area contributed by atoms with Crippen molar-refractivity contribution >= 4 is 17.9 Å². The maximum absolute atomic E-state index is 12.8. The SMILES string of the molecule is CC/C=C/C=C/C=C/C=C/CCCCCC(=O)OCC(COC(=O)CCCCCCC/C=C/C=C/CCCCCCCCC)OC(=O)CCCCCC/C=C/C/C=C/C/C=C/CC. The van der Waals surface area contributed by atoms with Crippen LogP contribution < -0.4 is 0 Å². The van der Waals surface area contributed by atoms with E-state index >= 15 is 0 Å². The van der Waals surface area contributed by atoms with Gasteiger partial charge in [-0.25, -0.2) is 0 Å². The van der Waals surface area contributed by atoms with Crippen LogP contribution in [-0.2, 0) is 28.6 Å². The molecule has 0 spiro atoms. The highest BCUT2D eigenvalue weighted by Gasteiger charge is 2.19. The molecule has 0 amide bonds. The molecule has 0 aromatic heterocycles. The summed E-state index contributed by atoms with van der Waals surface area (Å²) in [4.78, 5) is 37.9. The number of carbonyl (C=O) groups is 3. The molecule has 0 aliphatic carbocycles. The van der Waals surface area contributed by atoms with E-state index in [9.17, 15) is 14.4 Å². The number of rotatable bonds is 44. The van der Waals surface area contributed by atoms with Crippen LogP contribution in [0.1, 0.15) is 213 Å². The number of carbonyl (C=O) groups excluding carboxylic acids is 3. The summed E-state index contributed by atoms with van der Waals surface area (Å²) in [5, 5.41) is 0. The van der Waals surface area contributed by atoms with Crippen molar-refractivity contribution in [3.63, 3.8) is 0 Å². The minimum Gasteiger partial charge on any atom is -0.462 e. The van der Waals surface area contributed by atoms with Gasteiger partial charge in [0, 0.05) is 19.3 Å². The van der Waals surface area contributed by atoms with Gasteiger partial charge < -0.3 is 14.2 Å². The van der Waals surface area contributed by atoms with Crippen LogP contribution in [0.3, 0.4) is 0 Å². The second kappa shape index (κ2) is 50.7. The molecule has 0 fully saturated rings. The van der Waals surface area contributed by atoms with E-state index in [2.05, 4.69) is 93.7 Å². The summed E-state index contributed by atoms with van der Waals surface area (Å²) in [6.45, 7) is 6.29. The van der Waals surface area contributed by atoms with E-state index < -0.39 is 6.10 Å². The highest BCUT2D eigenvalue weighted by molar-refractivity contribution is 5.71. The number of unbranched alkanes of at least 4 members (excludes halogenated alkanes) is 19. The van der Waals surface area contributed by atoms with E-state index in [0.29, 0.717) is 12.8 Å². The molecule has 0 aliphatic rings. The molecule has 0 radical (unpaired) electrons. The minimum absolute atomic E-state index is 0.110. The van der Waals surface area contributed by atoms with Gasteiger partial charge >= 0.3 is 17.9 Å². The molecule has 6 heteroatoms. The van der Waals surface area contributed by atoms with Crippen molar-refractivity contribution in [2.75, 3.05) is 13.2 Å². The number of ether oxygens (including phenoxy) is 3. The third-order valence-electron chi connectivity index (χ3n) is 10.4. The quantitative estimate of drug-likeness (QED) is 0.0199. The fourth-order valence-corrected chi connectivity index (χ4v) is 6.57. The molecule has 1 unspecified atom stereocenters. The maximum atomic E-state index is 12.8. The molecule has 356 valence electrons. The van der Waals surface area contributed by atoms with Crippen LogP contribution >= 0.6 is 0 Å². The first-order valence-corrected chi connectivity index (χ1v) is 25.5. The summed E-state index contributed by atoms with van der Waals surface area (Å²) in [7, 11) is 0. The number of hydrogen-bond donors (Lipinski definition) is 0. The molecule has 0 aromatic carbocycles. The zero-order valence-electron chi connectivity index (χ0n) is 40.5. The first-order chi connectivity index (χ1) is 31.0. The normalized spacial score (nSPS) is 13.0. The highest BCUT2D eigenvalue weighted by atomic mass is 16.6. The maximum Gasteiger partial charge on any atom is 0.306 e. The van der Waals surface area contributed by atoms with Gasteiger partial charge in [0.25, 0.3) is 0 Å². The van der Waals surface area contributed by atoms with Crippen molar-refractivity contribution in [3.8, 4) is 0 Å². The Bertz CT molecular complexity index is 1330. The third kappa shape index (κ3) is 49.0. The molecule has 63 heavy (non-hydrogen) atoms. The molecule has 0 aromatic rings. The lowest BCUT2D eigenvalue weighted by Crippen LogP contribution is -2.30. The molecule has 0 rings (SSSR count). The predicted molar refractivity (Wildman–Crippen MR) is 270 cm³/mol. The van der Waals surface area contributed by atoms with Crippen LogP contribution in [0.4, 0.5) is 0 Å². The van der Waals surface area contributed by atoms with Gasteiger partial charge in [-0.15, -0.1) is 0 Å². The Morgan fingerprint density at radius 3 is 1.19 bits per heavy atom. The van der Waals surface area contributed by atoms with E-state index in [1.807, 2.05) is 36.5 Å². The lowest BCUT2D eigenvalue weighted by atomic mass is 10.1. The van der Waals surface area contributed by atoms with Gasteiger partial charge in [0.05, 0.1) is 0 Å². The van der Waals surface area contributed by atoms with Crippen LogP contribution in [0.25, 0.3) is 0 Å². The Hall–Kier alpha value is -3.93. The van der Waals surface area contributed by atoms with Crippen LogP contribution in [-0.4, -0.2) is 37.2 Å². The van der Waals surface area contributed by atoms with E-state index in [-0.39, 0.29) is 37.5 Å². The van der Waals surface area contributed by atoms with Gasteiger partial charge in [0.1, 0.15) is 13.2 Å². The Labute approximate surface area is 387 Å². The van der Waals surface area contributed by atoms with Crippen LogP contribution in [0.5, 0.6) is 0 Å². The smallest absolute Gasteiger partial charge is 0.306 e.